The summed E-state index contributed by atoms with van der Waals surface area (Å²) in [5.41, 5.74) is 2.98. The third kappa shape index (κ3) is 6.84. The van der Waals surface area contributed by atoms with Crippen LogP contribution < -0.4 is 29.6 Å². The highest BCUT2D eigenvalue weighted by atomic mass is 16.5. The van der Waals surface area contributed by atoms with Gasteiger partial charge in [-0.3, -0.25) is 14.5 Å². The summed E-state index contributed by atoms with van der Waals surface area (Å²) in [5, 5.41) is 6.10. The first-order chi connectivity index (χ1) is 19.5. The van der Waals surface area contributed by atoms with E-state index in [0.717, 1.165) is 17.7 Å². The summed E-state index contributed by atoms with van der Waals surface area (Å²) < 4.78 is 23.4. The van der Waals surface area contributed by atoms with Gasteiger partial charge < -0.3 is 29.6 Å². The first-order valence-corrected chi connectivity index (χ1v) is 13.5. The number of benzene rings is 3. The Labute approximate surface area is 234 Å². The summed E-state index contributed by atoms with van der Waals surface area (Å²) in [6.07, 6.45) is 0.565. The molecular formula is C31H35N3O6. The molecule has 9 nitrogen and oxygen atoms in total. The van der Waals surface area contributed by atoms with Crippen molar-refractivity contribution in [1.82, 2.24) is 15.5 Å². The molecule has 1 saturated heterocycles. The summed E-state index contributed by atoms with van der Waals surface area (Å²) >= 11 is 0. The van der Waals surface area contributed by atoms with Crippen molar-refractivity contribution < 1.29 is 28.5 Å². The zero-order chi connectivity index (χ0) is 27.9. The zero-order valence-corrected chi connectivity index (χ0v) is 22.9. The maximum atomic E-state index is 13.0. The average Bonchev–Trinajstić information content (AvgIpc) is 3.33. The first-order valence-electron chi connectivity index (χ1n) is 13.5. The van der Waals surface area contributed by atoms with Crippen molar-refractivity contribution in [2.45, 2.75) is 38.1 Å². The molecule has 5 aliphatic heterocycles. The predicted octanol–water partition coefficient (Wildman–Crippen LogP) is 3.09. The molecule has 0 unspecified atom stereocenters. The lowest BCUT2D eigenvalue weighted by Crippen LogP contribution is -2.46. The third-order valence-corrected chi connectivity index (χ3v) is 7.19. The third-order valence-electron chi connectivity index (χ3n) is 7.19. The highest BCUT2D eigenvalue weighted by Crippen LogP contribution is 2.30. The van der Waals surface area contributed by atoms with E-state index in [0.29, 0.717) is 55.5 Å². The van der Waals surface area contributed by atoms with Crippen molar-refractivity contribution >= 4 is 11.8 Å². The SMILES string of the molecule is COc1cc2ccc1CNC(=O)CCc1ccc(c(OC)c1)OCC(=O)N[C@@H]1CN(Cc3ccccc3)C[C@H]1O2. The molecule has 5 aliphatic rings. The second-order valence-corrected chi connectivity index (χ2v) is 10.0. The van der Waals surface area contributed by atoms with Crippen LogP contribution in [0.25, 0.3) is 0 Å². The van der Waals surface area contributed by atoms with Gasteiger partial charge in [0.1, 0.15) is 17.6 Å². The monoisotopic (exact) mass is 545 g/mol. The van der Waals surface area contributed by atoms with E-state index in [1.165, 1.54) is 5.56 Å². The molecule has 8 rings (SSSR count). The van der Waals surface area contributed by atoms with Gasteiger partial charge in [-0.2, -0.15) is 0 Å². The Bertz CT molecular complexity index is 1330. The molecule has 0 spiro atoms. The molecule has 2 amide bonds. The fraction of sp³-hybridized carbons (Fsp3) is 0.355. The van der Waals surface area contributed by atoms with Crippen LogP contribution in [-0.4, -0.2) is 62.8 Å². The molecule has 3 aromatic rings. The number of hydrogen-bond acceptors (Lipinski definition) is 7. The number of aryl methyl sites for hydroxylation is 1. The Morgan fingerprint density at radius 3 is 2.52 bits per heavy atom. The van der Waals surface area contributed by atoms with Crippen LogP contribution in [0.5, 0.6) is 23.0 Å². The minimum absolute atomic E-state index is 0.0694. The van der Waals surface area contributed by atoms with Gasteiger partial charge in [0.15, 0.2) is 18.1 Å². The van der Waals surface area contributed by atoms with Crippen LogP contribution in [0.15, 0.2) is 66.7 Å². The van der Waals surface area contributed by atoms with Crippen LogP contribution in [0.2, 0.25) is 0 Å². The minimum atomic E-state index is -0.290. The molecule has 4 bridgehead atoms. The number of hydrogen-bond donors (Lipinski definition) is 2. The van der Waals surface area contributed by atoms with Crippen LogP contribution in [0.1, 0.15) is 23.1 Å². The minimum Gasteiger partial charge on any atom is -0.496 e. The van der Waals surface area contributed by atoms with E-state index in [9.17, 15) is 9.59 Å². The molecule has 0 aliphatic carbocycles. The summed E-state index contributed by atoms with van der Waals surface area (Å²) in [7, 11) is 3.15. The number of rotatable bonds is 4. The van der Waals surface area contributed by atoms with Crippen LogP contribution in [-0.2, 0) is 29.1 Å². The van der Waals surface area contributed by atoms with Gasteiger partial charge in [-0.1, -0.05) is 36.4 Å². The van der Waals surface area contributed by atoms with E-state index in [1.807, 2.05) is 48.5 Å². The van der Waals surface area contributed by atoms with Gasteiger partial charge in [-0.15, -0.1) is 0 Å². The lowest BCUT2D eigenvalue weighted by atomic mass is 10.1. The van der Waals surface area contributed by atoms with Gasteiger partial charge in [0.2, 0.25) is 5.91 Å². The van der Waals surface area contributed by atoms with Gasteiger partial charge in [0, 0.05) is 44.2 Å². The van der Waals surface area contributed by atoms with Crippen LogP contribution >= 0.6 is 0 Å². The summed E-state index contributed by atoms with van der Waals surface area (Å²) in [4.78, 5) is 27.9. The highest BCUT2D eigenvalue weighted by Gasteiger charge is 2.36. The molecule has 9 heteroatoms. The summed E-state index contributed by atoms with van der Waals surface area (Å²) in [5.74, 6) is 1.93. The number of ether oxygens (including phenoxy) is 4. The first kappa shape index (κ1) is 27.3. The van der Waals surface area contributed by atoms with Crippen molar-refractivity contribution in [3.05, 3.63) is 83.4 Å². The summed E-state index contributed by atoms with van der Waals surface area (Å²) in [6, 6.07) is 21.1. The van der Waals surface area contributed by atoms with Crippen molar-refractivity contribution in [2.75, 3.05) is 33.9 Å². The van der Waals surface area contributed by atoms with E-state index in [-0.39, 0.29) is 30.6 Å². The van der Waals surface area contributed by atoms with E-state index in [2.05, 4.69) is 27.7 Å². The zero-order valence-electron chi connectivity index (χ0n) is 22.9. The maximum Gasteiger partial charge on any atom is 0.258 e. The van der Waals surface area contributed by atoms with Gasteiger partial charge in [0.25, 0.3) is 5.91 Å². The smallest absolute Gasteiger partial charge is 0.258 e. The van der Waals surface area contributed by atoms with E-state index >= 15 is 0 Å². The number of methoxy groups -OCH3 is 2. The second-order valence-electron chi connectivity index (χ2n) is 10.0. The molecule has 0 saturated carbocycles. The number of nitrogens with zero attached hydrogens (tertiary/aromatic N) is 1. The van der Waals surface area contributed by atoms with Gasteiger partial charge in [-0.05, 0) is 41.8 Å². The number of carbonyl (C=O) groups excluding carboxylic acids is 2. The Hall–Kier alpha value is -4.24. The molecule has 40 heavy (non-hydrogen) atoms. The van der Waals surface area contributed by atoms with Crippen LogP contribution in [0, 0.1) is 0 Å². The van der Waals surface area contributed by atoms with Gasteiger partial charge in [-0.25, -0.2) is 0 Å². The Morgan fingerprint density at radius 2 is 1.73 bits per heavy atom. The van der Waals surface area contributed by atoms with Crippen LogP contribution in [0.4, 0.5) is 0 Å². The number of amides is 2. The maximum absolute atomic E-state index is 13.0. The van der Waals surface area contributed by atoms with Crippen molar-refractivity contribution in [3.8, 4) is 23.0 Å². The quantitative estimate of drug-likeness (QED) is 0.520. The fourth-order valence-electron chi connectivity index (χ4n) is 5.12. The van der Waals surface area contributed by atoms with Gasteiger partial charge >= 0.3 is 0 Å². The standard InChI is InChI=1S/C31H35N3O6/c1-37-27-15-24-11-10-23(27)16-32-30(35)13-9-21-8-12-26(28(14-21)38-2)39-20-31(36)33-25-18-34(19-29(25)40-24)17-22-6-4-3-5-7-22/h3-8,10-12,14-15,25,29H,9,13,16-20H2,1-2H3,(H,32,35)(H,33,36)/t25-,29-/m1/s1. The van der Waals surface area contributed by atoms with Crippen molar-refractivity contribution in [3.63, 3.8) is 0 Å². The molecule has 0 aromatic heterocycles. The molecule has 3 aromatic carbocycles. The molecule has 210 valence electrons. The normalized spacial score (nSPS) is 20.1. The number of likely N-dealkylation sites (tertiary alicyclic amines) is 1. The summed E-state index contributed by atoms with van der Waals surface area (Å²) in [6.45, 7) is 2.18. The van der Waals surface area contributed by atoms with Gasteiger partial charge in [0.05, 0.1) is 20.3 Å². The lowest BCUT2D eigenvalue weighted by Gasteiger charge is -2.22. The molecule has 0 radical (unpaired) electrons. The molecule has 1 fully saturated rings. The highest BCUT2D eigenvalue weighted by molar-refractivity contribution is 5.78. The topological polar surface area (TPSA) is 98.4 Å². The van der Waals surface area contributed by atoms with E-state index in [1.54, 1.807) is 20.3 Å². The largest absolute Gasteiger partial charge is 0.496 e. The Balaban J connectivity index is 1.40. The second kappa shape index (κ2) is 12.7. The Morgan fingerprint density at radius 1 is 0.900 bits per heavy atom. The predicted molar refractivity (Wildman–Crippen MR) is 150 cm³/mol. The lowest BCUT2D eigenvalue weighted by molar-refractivity contribution is -0.124. The molecule has 2 atom stereocenters. The van der Waals surface area contributed by atoms with Crippen LogP contribution in [0.3, 0.4) is 0 Å². The number of nitrogens with one attached hydrogen (secondary N) is 2. The van der Waals surface area contributed by atoms with Crippen molar-refractivity contribution in [2.24, 2.45) is 0 Å². The van der Waals surface area contributed by atoms with E-state index in [4.69, 9.17) is 18.9 Å². The number of carbonyl (C=O) groups is 2. The fourth-order valence-corrected chi connectivity index (χ4v) is 5.12. The molecule has 5 heterocycles. The molecular weight excluding hydrogens is 510 g/mol. The average molecular weight is 546 g/mol. The molecule has 2 N–H and O–H groups in total. The van der Waals surface area contributed by atoms with E-state index < -0.39 is 0 Å². The Kier molecular flexibility index (Phi) is 8.71. The van der Waals surface area contributed by atoms with Crippen molar-refractivity contribution in [1.29, 1.82) is 0 Å².